The predicted molar refractivity (Wildman–Crippen MR) is 147 cm³/mol. The number of benzene rings is 2. The van der Waals surface area contributed by atoms with Crippen molar-refractivity contribution in [2.24, 2.45) is 0 Å². The van der Waals surface area contributed by atoms with E-state index in [1.54, 1.807) is 12.1 Å². The van der Waals surface area contributed by atoms with E-state index in [9.17, 15) is 20.0 Å². The molecule has 2 heterocycles. The fourth-order valence-electron chi connectivity index (χ4n) is 4.10. The van der Waals surface area contributed by atoms with Gasteiger partial charge in [-0.25, -0.2) is 4.98 Å². The molecule has 3 N–H and O–H groups in total. The molecule has 2 amide bonds. The lowest BCUT2D eigenvalue weighted by Crippen LogP contribution is -2.46. The van der Waals surface area contributed by atoms with Crippen LogP contribution in [-0.2, 0) is 11.2 Å². The number of carbonyl (C=O) groups is 2. The summed E-state index contributed by atoms with van der Waals surface area (Å²) in [5.41, 5.74) is 4.17. The van der Waals surface area contributed by atoms with E-state index in [0.29, 0.717) is 17.7 Å². The van der Waals surface area contributed by atoms with E-state index in [0.717, 1.165) is 22.5 Å². The molecule has 2 aromatic carbocycles. The largest absolute Gasteiger partial charge is 0.490 e. The first kappa shape index (κ1) is 27.4. The summed E-state index contributed by atoms with van der Waals surface area (Å²) in [6.07, 6.45) is 3.05. The van der Waals surface area contributed by atoms with Crippen molar-refractivity contribution in [1.82, 2.24) is 20.0 Å². The Morgan fingerprint density at radius 1 is 1.10 bits per heavy atom. The van der Waals surface area contributed by atoms with E-state index in [1.165, 1.54) is 13.0 Å². The van der Waals surface area contributed by atoms with Crippen LogP contribution < -0.4 is 15.4 Å². The molecular weight excluding hydrogens is 494 g/mol. The van der Waals surface area contributed by atoms with Gasteiger partial charge in [-0.05, 0) is 63.1 Å². The van der Waals surface area contributed by atoms with Crippen LogP contribution in [0.3, 0.4) is 0 Å². The number of nitriles is 1. The molecule has 0 saturated carbocycles. The van der Waals surface area contributed by atoms with Gasteiger partial charge < -0.3 is 24.9 Å². The number of nitrogens with zero attached hydrogens (tertiary/aromatic N) is 3. The summed E-state index contributed by atoms with van der Waals surface area (Å²) >= 11 is 0. The predicted octanol–water partition coefficient (Wildman–Crippen LogP) is 3.50. The van der Waals surface area contributed by atoms with Crippen LogP contribution in [0.4, 0.5) is 0 Å². The first-order chi connectivity index (χ1) is 18.7. The highest BCUT2D eigenvalue weighted by atomic mass is 16.5. The maximum Gasteiger partial charge on any atom is 0.251 e. The maximum absolute atomic E-state index is 13.1. The first-order valence-corrected chi connectivity index (χ1v) is 12.7. The summed E-state index contributed by atoms with van der Waals surface area (Å²) < 4.78 is 7.60. The summed E-state index contributed by atoms with van der Waals surface area (Å²) in [5.74, 6) is -0.505. The lowest BCUT2D eigenvalue weighted by molar-refractivity contribution is -0.128. The van der Waals surface area contributed by atoms with Gasteiger partial charge >= 0.3 is 0 Å². The molecule has 39 heavy (non-hydrogen) atoms. The molecule has 0 bridgehead atoms. The SMILES string of the molecule is CC(C)Oc1ccc(C(=O)N[C@H](CNC(=O)[C@H](C)O)Cc2ccc(-c3cn4ccccc4n3)cc2)cc1C#N. The molecule has 0 unspecified atom stereocenters. The lowest BCUT2D eigenvalue weighted by atomic mass is 10.0. The zero-order chi connectivity index (χ0) is 27.9. The number of hydrogen-bond acceptors (Lipinski definition) is 6. The highest BCUT2D eigenvalue weighted by Crippen LogP contribution is 2.22. The quantitative estimate of drug-likeness (QED) is 0.291. The van der Waals surface area contributed by atoms with E-state index >= 15 is 0 Å². The molecule has 9 nitrogen and oxygen atoms in total. The molecule has 2 aromatic heterocycles. The number of aliphatic hydroxyl groups is 1. The number of imidazole rings is 1. The van der Waals surface area contributed by atoms with Crippen molar-refractivity contribution in [3.8, 4) is 23.1 Å². The Labute approximate surface area is 227 Å². The second kappa shape index (κ2) is 12.2. The normalized spacial score (nSPS) is 12.5. The lowest BCUT2D eigenvalue weighted by Gasteiger charge is -2.21. The Morgan fingerprint density at radius 3 is 2.54 bits per heavy atom. The third-order valence-electron chi connectivity index (χ3n) is 6.06. The van der Waals surface area contributed by atoms with Crippen LogP contribution in [0.25, 0.3) is 16.9 Å². The van der Waals surface area contributed by atoms with E-state index in [2.05, 4.69) is 21.7 Å². The molecule has 0 radical (unpaired) electrons. The average molecular weight is 526 g/mol. The van der Waals surface area contributed by atoms with Crippen LogP contribution in [0.5, 0.6) is 5.75 Å². The standard InChI is InChI=1S/C30H31N5O4/c1-19(2)39-27-12-11-23(15-24(27)16-31)30(38)33-25(17-32-29(37)20(3)36)14-21-7-9-22(10-8-21)26-18-35-13-5-4-6-28(35)34-26/h4-13,15,18-20,25,36H,14,17H2,1-3H3,(H,32,37)(H,33,38)/t20-,25-/m0/s1. The van der Waals surface area contributed by atoms with Crippen molar-refractivity contribution in [2.75, 3.05) is 6.54 Å². The van der Waals surface area contributed by atoms with Gasteiger partial charge in [0.05, 0.1) is 23.4 Å². The van der Waals surface area contributed by atoms with Gasteiger partial charge in [0.2, 0.25) is 5.91 Å². The molecule has 4 aromatic rings. The number of hydrogen-bond donors (Lipinski definition) is 3. The Bertz CT molecular complexity index is 1470. The molecule has 200 valence electrons. The van der Waals surface area contributed by atoms with E-state index in [-0.39, 0.29) is 24.1 Å². The van der Waals surface area contributed by atoms with Crippen molar-refractivity contribution in [3.63, 3.8) is 0 Å². The highest BCUT2D eigenvalue weighted by molar-refractivity contribution is 5.95. The molecule has 4 rings (SSSR count). The van der Waals surface area contributed by atoms with Crippen molar-refractivity contribution in [2.45, 2.75) is 45.4 Å². The van der Waals surface area contributed by atoms with Gasteiger partial charge in [-0.3, -0.25) is 9.59 Å². The molecule has 0 saturated heterocycles. The number of aromatic nitrogens is 2. The zero-order valence-corrected chi connectivity index (χ0v) is 22.1. The number of nitrogens with one attached hydrogen (secondary N) is 2. The summed E-state index contributed by atoms with van der Waals surface area (Å²) in [4.78, 5) is 29.8. The van der Waals surface area contributed by atoms with Crippen LogP contribution in [-0.4, -0.2) is 51.1 Å². The third-order valence-corrected chi connectivity index (χ3v) is 6.06. The van der Waals surface area contributed by atoms with Crippen LogP contribution in [0.1, 0.15) is 42.3 Å². The molecule has 9 heteroatoms. The van der Waals surface area contributed by atoms with E-state index < -0.39 is 18.1 Å². The first-order valence-electron chi connectivity index (χ1n) is 12.7. The van der Waals surface area contributed by atoms with Gasteiger partial charge in [0.1, 0.15) is 23.6 Å². The van der Waals surface area contributed by atoms with Gasteiger partial charge in [0.15, 0.2) is 0 Å². The number of pyridine rings is 1. The number of amides is 2. The minimum absolute atomic E-state index is 0.113. The number of ether oxygens (including phenoxy) is 1. The highest BCUT2D eigenvalue weighted by Gasteiger charge is 2.19. The Kier molecular flexibility index (Phi) is 8.59. The van der Waals surface area contributed by atoms with E-state index in [1.807, 2.05) is 73.1 Å². The second-order valence-electron chi connectivity index (χ2n) is 9.57. The topological polar surface area (TPSA) is 129 Å². The molecule has 0 aliphatic carbocycles. The van der Waals surface area contributed by atoms with Crippen molar-refractivity contribution in [1.29, 1.82) is 5.26 Å². The second-order valence-corrected chi connectivity index (χ2v) is 9.57. The van der Waals surface area contributed by atoms with Crippen molar-refractivity contribution < 1.29 is 19.4 Å². The zero-order valence-electron chi connectivity index (χ0n) is 22.1. The molecule has 0 fully saturated rings. The number of rotatable bonds is 10. The van der Waals surface area contributed by atoms with Crippen LogP contribution in [0.15, 0.2) is 73.1 Å². The Balaban J connectivity index is 1.50. The summed E-state index contributed by atoms with van der Waals surface area (Å²) in [7, 11) is 0. The van der Waals surface area contributed by atoms with Gasteiger partial charge in [0, 0.05) is 30.1 Å². The summed E-state index contributed by atoms with van der Waals surface area (Å²) in [6, 6.07) is 20.0. The van der Waals surface area contributed by atoms with E-state index in [4.69, 9.17) is 4.74 Å². The van der Waals surface area contributed by atoms with Gasteiger partial charge in [-0.2, -0.15) is 5.26 Å². The van der Waals surface area contributed by atoms with Gasteiger partial charge in [0.25, 0.3) is 5.91 Å². The minimum Gasteiger partial charge on any atom is -0.490 e. The summed E-state index contributed by atoms with van der Waals surface area (Å²) in [6.45, 7) is 5.21. The molecular formula is C30H31N5O4. The Morgan fingerprint density at radius 2 is 1.87 bits per heavy atom. The fourth-order valence-corrected chi connectivity index (χ4v) is 4.10. The van der Waals surface area contributed by atoms with Crippen LogP contribution in [0.2, 0.25) is 0 Å². The third kappa shape index (κ3) is 7.00. The minimum atomic E-state index is -1.17. The van der Waals surface area contributed by atoms with Crippen LogP contribution in [0, 0.1) is 11.3 Å². The summed E-state index contributed by atoms with van der Waals surface area (Å²) in [5, 5.41) is 24.7. The Hall–Kier alpha value is -4.68. The monoisotopic (exact) mass is 525 g/mol. The maximum atomic E-state index is 13.1. The number of aliphatic hydroxyl groups excluding tert-OH is 1. The van der Waals surface area contributed by atoms with Gasteiger partial charge in [-0.1, -0.05) is 30.3 Å². The number of fused-ring (bicyclic) bond motifs is 1. The molecule has 2 atom stereocenters. The fraction of sp³-hybridized carbons (Fsp3) is 0.267. The van der Waals surface area contributed by atoms with Crippen molar-refractivity contribution >= 4 is 17.5 Å². The van der Waals surface area contributed by atoms with Crippen molar-refractivity contribution in [3.05, 3.63) is 89.7 Å². The van der Waals surface area contributed by atoms with Crippen LogP contribution >= 0.6 is 0 Å². The number of carbonyl (C=O) groups excluding carboxylic acids is 2. The molecule has 0 aliphatic heterocycles. The molecule has 0 aliphatic rings. The van der Waals surface area contributed by atoms with Gasteiger partial charge in [-0.15, -0.1) is 0 Å². The molecule has 0 spiro atoms. The average Bonchev–Trinajstić information content (AvgIpc) is 3.36. The smallest absolute Gasteiger partial charge is 0.251 e.